The lowest BCUT2D eigenvalue weighted by molar-refractivity contribution is 0.0698. The van der Waals surface area contributed by atoms with Gasteiger partial charge in [0.1, 0.15) is 0 Å². The summed E-state index contributed by atoms with van der Waals surface area (Å²) >= 11 is 0. The highest BCUT2D eigenvalue weighted by atomic mass is 32.2. The third kappa shape index (κ3) is 3.22. The number of benzene rings is 1. The predicted molar refractivity (Wildman–Crippen MR) is 70.5 cm³/mol. The first kappa shape index (κ1) is 14.5. The standard InChI is InChI=1S/C12H17NO4S/c1-3-4-9-18(16,17)13(2)11-8-6-5-7-10(11)12(14)15/h5-8H,3-4,9H2,1-2H3,(H,14,15). The van der Waals surface area contributed by atoms with Gasteiger partial charge in [0.25, 0.3) is 0 Å². The number of hydrogen-bond acceptors (Lipinski definition) is 3. The maximum absolute atomic E-state index is 12.0. The van der Waals surface area contributed by atoms with Crippen LogP contribution in [0.15, 0.2) is 24.3 Å². The topological polar surface area (TPSA) is 74.7 Å². The lowest BCUT2D eigenvalue weighted by atomic mass is 10.2. The van der Waals surface area contributed by atoms with Crippen molar-refractivity contribution >= 4 is 21.7 Å². The molecule has 5 nitrogen and oxygen atoms in total. The van der Waals surface area contributed by atoms with Crippen molar-refractivity contribution in [2.24, 2.45) is 0 Å². The first-order valence-electron chi connectivity index (χ1n) is 5.69. The van der Waals surface area contributed by atoms with E-state index in [2.05, 4.69) is 0 Å². The Hall–Kier alpha value is -1.56. The summed E-state index contributed by atoms with van der Waals surface area (Å²) in [6, 6.07) is 6.07. The monoisotopic (exact) mass is 271 g/mol. The van der Waals surface area contributed by atoms with Crippen LogP contribution in [0.3, 0.4) is 0 Å². The molecule has 0 amide bonds. The number of hydrogen-bond donors (Lipinski definition) is 1. The van der Waals surface area contributed by atoms with Gasteiger partial charge in [-0.1, -0.05) is 25.5 Å². The Labute approximate surface area is 107 Å². The molecule has 0 atom stereocenters. The molecule has 0 unspecified atom stereocenters. The fourth-order valence-electron chi connectivity index (χ4n) is 1.54. The summed E-state index contributed by atoms with van der Waals surface area (Å²) in [5.74, 6) is -1.11. The van der Waals surface area contributed by atoms with E-state index >= 15 is 0 Å². The maximum atomic E-state index is 12.0. The summed E-state index contributed by atoms with van der Waals surface area (Å²) in [6.07, 6.45) is 1.33. The molecule has 0 saturated carbocycles. The summed E-state index contributed by atoms with van der Waals surface area (Å²) in [5.41, 5.74) is 0.182. The Morgan fingerprint density at radius 3 is 2.50 bits per heavy atom. The van der Waals surface area contributed by atoms with Crippen LogP contribution < -0.4 is 4.31 Å². The highest BCUT2D eigenvalue weighted by molar-refractivity contribution is 7.92. The summed E-state index contributed by atoms with van der Waals surface area (Å²) in [7, 11) is -2.08. The molecule has 18 heavy (non-hydrogen) atoms. The molecule has 1 N–H and O–H groups in total. The molecular weight excluding hydrogens is 254 g/mol. The van der Waals surface area contributed by atoms with E-state index in [-0.39, 0.29) is 17.0 Å². The SMILES string of the molecule is CCCCS(=O)(=O)N(C)c1ccccc1C(=O)O. The van der Waals surface area contributed by atoms with Crippen LogP contribution in [0.2, 0.25) is 0 Å². The number of anilines is 1. The molecule has 100 valence electrons. The minimum atomic E-state index is -3.46. The molecule has 6 heteroatoms. The molecule has 0 radical (unpaired) electrons. The Morgan fingerprint density at radius 2 is 1.94 bits per heavy atom. The molecule has 0 heterocycles. The Bertz CT molecular complexity index is 525. The summed E-state index contributed by atoms with van der Waals surface area (Å²) < 4.78 is 25.0. The molecule has 1 aromatic rings. The lowest BCUT2D eigenvalue weighted by Crippen LogP contribution is -2.30. The Kier molecular flexibility index (Phi) is 4.72. The van der Waals surface area contributed by atoms with Crippen LogP contribution in [-0.4, -0.2) is 32.3 Å². The first-order chi connectivity index (χ1) is 8.40. The van der Waals surface area contributed by atoms with Crippen molar-refractivity contribution in [3.8, 4) is 0 Å². The molecule has 0 aliphatic rings. The van der Waals surface area contributed by atoms with Gasteiger partial charge in [0.05, 0.1) is 17.0 Å². The molecular formula is C12H17NO4S. The van der Waals surface area contributed by atoms with Crippen LogP contribution in [0.1, 0.15) is 30.1 Å². The van der Waals surface area contributed by atoms with Gasteiger partial charge in [-0.2, -0.15) is 0 Å². The number of carbonyl (C=O) groups is 1. The lowest BCUT2D eigenvalue weighted by Gasteiger charge is -2.20. The van der Waals surface area contributed by atoms with Crippen molar-refractivity contribution in [2.45, 2.75) is 19.8 Å². The number of rotatable bonds is 6. The molecule has 0 fully saturated rings. The van der Waals surface area contributed by atoms with Crippen molar-refractivity contribution in [3.05, 3.63) is 29.8 Å². The molecule has 1 rings (SSSR count). The third-order valence-corrected chi connectivity index (χ3v) is 4.48. The van der Waals surface area contributed by atoms with Gasteiger partial charge < -0.3 is 5.11 Å². The van der Waals surface area contributed by atoms with E-state index in [1.165, 1.54) is 19.2 Å². The molecule has 1 aromatic carbocycles. The zero-order valence-corrected chi connectivity index (χ0v) is 11.3. The number of carboxylic acids is 1. The van der Waals surface area contributed by atoms with Crippen molar-refractivity contribution < 1.29 is 18.3 Å². The normalized spacial score (nSPS) is 11.2. The summed E-state index contributed by atoms with van der Waals surface area (Å²) in [4.78, 5) is 11.0. The number of sulfonamides is 1. The second-order valence-corrected chi connectivity index (χ2v) is 6.08. The second kappa shape index (κ2) is 5.86. The van der Waals surface area contributed by atoms with E-state index in [1.54, 1.807) is 12.1 Å². The minimum absolute atomic E-state index is 0.0138. The fraction of sp³-hybridized carbons (Fsp3) is 0.417. The van der Waals surface area contributed by atoms with Gasteiger partial charge in [0, 0.05) is 7.05 Å². The number of carboxylic acid groups (broad SMARTS) is 1. The van der Waals surface area contributed by atoms with E-state index in [0.29, 0.717) is 6.42 Å². The largest absolute Gasteiger partial charge is 0.478 e. The van der Waals surface area contributed by atoms with Crippen molar-refractivity contribution in [1.29, 1.82) is 0 Å². The van der Waals surface area contributed by atoms with Crippen molar-refractivity contribution in [2.75, 3.05) is 17.1 Å². The molecule has 0 aromatic heterocycles. The van der Waals surface area contributed by atoms with Gasteiger partial charge in [-0.3, -0.25) is 4.31 Å². The Balaban J connectivity index is 3.11. The average molecular weight is 271 g/mol. The van der Waals surface area contributed by atoms with Crippen molar-refractivity contribution in [3.63, 3.8) is 0 Å². The molecule has 0 saturated heterocycles. The van der Waals surface area contributed by atoms with E-state index in [4.69, 9.17) is 5.11 Å². The van der Waals surface area contributed by atoms with Crippen LogP contribution in [0.25, 0.3) is 0 Å². The Morgan fingerprint density at radius 1 is 1.33 bits per heavy atom. The summed E-state index contributed by atoms with van der Waals surface area (Å²) in [6.45, 7) is 1.90. The minimum Gasteiger partial charge on any atom is -0.478 e. The van der Waals surface area contributed by atoms with Crippen molar-refractivity contribution in [1.82, 2.24) is 0 Å². The quantitative estimate of drug-likeness (QED) is 0.858. The molecule has 0 spiro atoms. The van der Waals surface area contributed by atoms with Crippen LogP contribution in [-0.2, 0) is 10.0 Å². The molecule has 0 aliphatic heterocycles. The molecule has 0 bridgehead atoms. The second-order valence-electron chi connectivity index (χ2n) is 3.96. The van der Waals surface area contributed by atoms with Gasteiger partial charge in [-0.05, 0) is 18.6 Å². The van der Waals surface area contributed by atoms with E-state index in [9.17, 15) is 13.2 Å². The van der Waals surface area contributed by atoms with Gasteiger partial charge in [0.15, 0.2) is 0 Å². The highest BCUT2D eigenvalue weighted by Crippen LogP contribution is 2.22. The van der Waals surface area contributed by atoms with E-state index in [0.717, 1.165) is 10.7 Å². The number of nitrogens with zero attached hydrogens (tertiary/aromatic N) is 1. The predicted octanol–water partition coefficient (Wildman–Crippen LogP) is 1.95. The number of aromatic carboxylic acids is 1. The third-order valence-electron chi connectivity index (χ3n) is 2.65. The first-order valence-corrected chi connectivity index (χ1v) is 7.30. The van der Waals surface area contributed by atoms with Crippen LogP contribution >= 0.6 is 0 Å². The van der Waals surface area contributed by atoms with Gasteiger partial charge >= 0.3 is 5.97 Å². The zero-order chi connectivity index (χ0) is 13.8. The van der Waals surface area contributed by atoms with E-state index in [1.807, 2.05) is 6.92 Å². The summed E-state index contributed by atoms with van der Waals surface area (Å²) in [5, 5.41) is 9.03. The van der Waals surface area contributed by atoms with E-state index < -0.39 is 16.0 Å². The van der Waals surface area contributed by atoms with Gasteiger partial charge in [-0.25, -0.2) is 13.2 Å². The van der Waals surface area contributed by atoms with Gasteiger partial charge in [-0.15, -0.1) is 0 Å². The molecule has 0 aliphatic carbocycles. The number of para-hydroxylation sites is 1. The maximum Gasteiger partial charge on any atom is 0.337 e. The van der Waals surface area contributed by atoms with Gasteiger partial charge in [0.2, 0.25) is 10.0 Å². The van der Waals surface area contributed by atoms with Crippen LogP contribution in [0.4, 0.5) is 5.69 Å². The fourth-order valence-corrected chi connectivity index (χ4v) is 2.93. The van der Waals surface area contributed by atoms with Crippen LogP contribution in [0, 0.1) is 0 Å². The number of unbranched alkanes of at least 4 members (excludes halogenated alkanes) is 1. The zero-order valence-electron chi connectivity index (χ0n) is 10.5. The smallest absolute Gasteiger partial charge is 0.337 e. The highest BCUT2D eigenvalue weighted by Gasteiger charge is 2.22. The average Bonchev–Trinajstić information content (AvgIpc) is 2.35. The van der Waals surface area contributed by atoms with Crippen LogP contribution in [0.5, 0.6) is 0 Å².